The molecule has 0 bridgehead atoms. The second-order valence-electron chi connectivity index (χ2n) is 4.46. The lowest BCUT2D eigenvalue weighted by molar-refractivity contribution is 0.290. The van der Waals surface area contributed by atoms with Crippen LogP contribution in [0.5, 0.6) is 0 Å². The van der Waals surface area contributed by atoms with Crippen LogP contribution in [0.25, 0.3) is 0 Å². The zero-order valence-corrected chi connectivity index (χ0v) is 12.2. The Labute approximate surface area is 118 Å². The summed E-state index contributed by atoms with van der Waals surface area (Å²) in [6.45, 7) is 1.09. The molecule has 0 radical (unpaired) electrons. The molecule has 100 valence electrons. The highest BCUT2D eigenvalue weighted by molar-refractivity contribution is 7.89. The minimum Gasteiger partial charge on any atom is -0.207 e. The van der Waals surface area contributed by atoms with Crippen LogP contribution < -0.4 is 0 Å². The smallest absolute Gasteiger partial charge is 0.207 e. The highest BCUT2D eigenvalue weighted by Gasteiger charge is 2.28. The van der Waals surface area contributed by atoms with E-state index in [1.165, 1.54) is 4.31 Å². The number of halogens is 2. The normalized spacial score (nSPS) is 19.0. The van der Waals surface area contributed by atoms with Crippen LogP contribution >= 0.6 is 23.2 Å². The van der Waals surface area contributed by atoms with E-state index in [1.54, 1.807) is 24.3 Å². The molecule has 1 heterocycles. The molecule has 0 amide bonds. The standard InChI is InChI=1S/C12H15Cl2NO2S/c13-9-10-5-7-15(8-6-10)18(16,17)12-3-1-11(14)2-4-12/h1-4,10H,5-9H2. The molecule has 1 aromatic carbocycles. The van der Waals surface area contributed by atoms with E-state index in [-0.39, 0.29) is 0 Å². The number of hydrogen-bond donors (Lipinski definition) is 0. The first-order valence-corrected chi connectivity index (χ1v) is 8.21. The van der Waals surface area contributed by atoms with Crippen LogP contribution in [0.2, 0.25) is 5.02 Å². The molecular formula is C12H15Cl2NO2S. The van der Waals surface area contributed by atoms with Crippen LogP contribution in [0.3, 0.4) is 0 Å². The minimum absolute atomic E-state index is 0.302. The van der Waals surface area contributed by atoms with Gasteiger partial charge in [-0.25, -0.2) is 8.42 Å². The van der Waals surface area contributed by atoms with E-state index in [9.17, 15) is 8.42 Å². The fourth-order valence-corrected chi connectivity index (χ4v) is 3.96. The van der Waals surface area contributed by atoms with Crippen molar-refractivity contribution in [1.29, 1.82) is 0 Å². The molecule has 0 aromatic heterocycles. The van der Waals surface area contributed by atoms with Gasteiger partial charge in [-0.2, -0.15) is 4.31 Å². The van der Waals surface area contributed by atoms with Crippen LogP contribution in [0, 0.1) is 5.92 Å². The van der Waals surface area contributed by atoms with Gasteiger partial charge in [-0.1, -0.05) is 11.6 Å². The Morgan fingerprint density at radius 3 is 2.22 bits per heavy atom. The Balaban J connectivity index is 2.15. The van der Waals surface area contributed by atoms with Crippen molar-refractivity contribution in [3.05, 3.63) is 29.3 Å². The summed E-state index contributed by atoms with van der Waals surface area (Å²) >= 11 is 11.6. The van der Waals surface area contributed by atoms with Gasteiger partial charge in [0, 0.05) is 24.0 Å². The first kappa shape index (κ1) is 14.1. The van der Waals surface area contributed by atoms with E-state index in [1.807, 2.05) is 0 Å². The van der Waals surface area contributed by atoms with E-state index in [4.69, 9.17) is 23.2 Å². The maximum Gasteiger partial charge on any atom is 0.243 e. The number of hydrogen-bond acceptors (Lipinski definition) is 2. The quantitative estimate of drug-likeness (QED) is 0.805. The van der Waals surface area contributed by atoms with Crippen LogP contribution in [0.4, 0.5) is 0 Å². The maximum atomic E-state index is 12.3. The summed E-state index contributed by atoms with van der Waals surface area (Å²) in [6, 6.07) is 6.29. The third-order valence-corrected chi connectivity index (χ3v) is 5.84. The molecule has 3 nitrogen and oxygen atoms in total. The Bertz CT molecular complexity index is 493. The Hall–Kier alpha value is -0.290. The number of rotatable bonds is 3. The average Bonchev–Trinajstić information content (AvgIpc) is 2.39. The molecule has 18 heavy (non-hydrogen) atoms. The van der Waals surface area contributed by atoms with Crippen molar-refractivity contribution in [3.63, 3.8) is 0 Å². The summed E-state index contributed by atoms with van der Waals surface area (Å²) in [5.41, 5.74) is 0. The summed E-state index contributed by atoms with van der Waals surface area (Å²) in [5, 5.41) is 0.537. The van der Waals surface area contributed by atoms with E-state index >= 15 is 0 Å². The van der Waals surface area contributed by atoms with E-state index in [2.05, 4.69) is 0 Å². The second kappa shape index (κ2) is 5.78. The van der Waals surface area contributed by atoms with Gasteiger partial charge in [0.05, 0.1) is 4.90 Å². The third kappa shape index (κ3) is 2.99. The van der Waals surface area contributed by atoms with Crippen molar-refractivity contribution in [1.82, 2.24) is 4.31 Å². The molecule has 0 spiro atoms. The second-order valence-corrected chi connectivity index (χ2v) is 7.14. The van der Waals surface area contributed by atoms with Crippen molar-refractivity contribution in [2.45, 2.75) is 17.7 Å². The molecule has 0 aliphatic carbocycles. The Kier molecular flexibility index (Phi) is 4.54. The Morgan fingerprint density at radius 2 is 1.72 bits per heavy atom. The van der Waals surface area contributed by atoms with Gasteiger partial charge in [-0.05, 0) is 43.0 Å². The summed E-state index contributed by atoms with van der Waals surface area (Å²) in [5.74, 6) is 1.04. The van der Waals surface area contributed by atoms with Gasteiger partial charge in [0.1, 0.15) is 0 Å². The first-order valence-electron chi connectivity index (χ1n) is 5.85. The molecule has 1 aliphatic rings. The molecule has 0 atom stereocenters. The molecule has 1 saturated heterocycles. The molecule has 1 aliphatic heterocycles. The molecule has 2 rings (SSSR count). The van der Waals surface area contributed by atoms with Crippen LogP contribution in [-0.2, 0) is 10.0 Å². The number of alkyl halides is 1. The lowest BCUT2D eigenvalue weighted by Crippen LogP contribution is -2.38. The van der Waals surface area contributed by atoms with Crippen LogP contribution in [-0.4, -0.2) is 31.7 Å². The van der Waals surface area contributed by atoms with Crippen molar-refractivity contribution in [3.8, 4) is 0 Å². The molecule has 0 saturated carbocycles. The highest BCUT2D eigenvalue weighted by atomic mass is 35.5. The fourth-order valence-electron chi connectivity index (χ4n) is 2.06. The lowest BCUT2D eigenvalue weighted by Gasteiger charge is -2.30. The number of nitrogens with zero attached hydrogens (tertiary/aromatic N) is 1. The molecule has 1 aromatic rings. The minimum atomic E-state index is -3.38. The van der Waals surface area contributed by atoms with Gasteiger partial charge < -0.3 is 0 Å². The molecule has 6 heteroatoms. The molecule has 0 unspecified atom stereocenters. The molecule has 1 fully saturated rings. The number of sulfonamides is 1. The van der Waals surface area contributed by atoms with Crippen molar-refractivity contribution in [2.24, 2.45) is 5.92 Å². The van der Waals surface area contributed by atoms with E-state index in [0.29, 0.717) is 34.8 Å². The fraction of sp³-hybridized carbons (Fsp3) is 0.500. The predicted octanol–water partition coefficient (Wildman–Crippen LogP) is 2.98. The largest absolute Gasteiger partial charge is 0.243 e. The highest BCUT2D eigenvalue weighted by Crippen LogP contribution is 2.25. The zero-order valence-electron chi connectivity index (χ0n) is 9.85. The monoisotopic (exact) mass is 307 g/mol. The third-order valence-electron chi connectivity index (χ3n) is 3.24. The van der Waals surface area contributed by atoms with Crippen LogP contribution in [0.1, 0.15) is 12.8 Å². The van der Waals surface area contributed by atoms with Gasteiger partial charge in [-0.15, -0.1) is 11.6 Å². The topological polar surface area (TPSA) is 37.4 Å². The van der Waals surface area contributed by atoms with Gasteiger partial charge in [0.25, 0.3) is 0 Å². The SMILES string of the molecule is O=S(=O)(c1ccc(Cl)cc1)N1CCC(CCl)CC1. The zero-order chi connectivity index (χ0) is 13.2. The first-order chi connectivity index (χ1) is 8.54. The summed E-state index contributed by atoms with van der Waals surface area (Å²) in [6.07, 6.45) is 1.66. The van der Waals surface area contributed by atoms with Crippen molar-refractivity contribution >= 4 is 33.2 Å². The number of benzene rings is 1. The Morgan fingerprint density at radius 1 is 1.17 bits per heavy atom. The van der Waals surface area contributed by atoms with Crippen molar-refractivity contribution in [2.75, 3.05) is 19.0 Å². The average molecular weight is 308 g/mol. The van der Waals surface area contributed by atoms with Gasteiger partial charge in [0.15, 0.2) is 0 Å². The summed E-state index contributed by atoms with van der Waals surface area (Å²) in [4.78, 5) is 0.302. The van der Waals surface area contributed by atoms with E-state index < -0.39 is 10.0 Å². The maximum absolute atomic E-state index is 12.3. The van der Waals surface area contributed by atoms with E-state index in [0.717, 1.165) is 12.8 Å². The molecule has 0 N–H and O–H groups in total. The predicted molar refractivity (Wildman–Crippen MR) is 73.7 cm³/mol. The molecular weight excluding hydrogens is 293 g/mol. The van der Waals surface area contributed by atoms with Crippen LogP contribution in [0.15, 0.2) is 29.2 Å². The number of piperidine rings is 1. The summed E-state index contributed by atoms with van der Waals surface area (Å²) in [7, 11) is -3.38. The van der Waals surface area contributed by atoms with Gasteiger partial charge in [0.2, 0.25) is 10.0 Å². The van der Waals surface area contributed by atoms with Gasteiger partial charge >= 0.3 is 0 Å². The lowest BCUT2D eigenvalue weighted by atomic mass is 10.0. The van der Waals surface area contributed by atoms with Crippen molar-refractivity contribution < 1.29 is 8.42 Å². The van der Waals surface area contributed by atoms with Gasteiger partial charge in [-0.3, -0.25) is 0 Å². The summed E-state index contributed by atoms with van der Waals surface area (Å²) < 4.78 is 26.2.